The predicted octanol–water partition coefficient (Wildman–Crippen LogP) is 1.32. The van der Waals surface area contributed by atoms with Gasteiger partial charge in [-0.25, -0.2) is 0 Å². The second-order valence-electron chi connectivity index (χ2n) is 5.38. The van der Waals surface area contributed by atoms with Gasteiger partial charge in [0.25, 0.3) is 0 Å². The lowest BCUT2D eigenvalue weighted by atomic mass is 9.66. The van der Waals surface area contributed by atoms with Gasteiger partial charge in [0.1, 0.15) is 5.60 Å². The normalized spacial score (nSPS) is 53.1. The monoisotopic (exact) mass is 202 g/mol. The van der Waals surface area contributed by atoms with Crippen LogP contribution in [0.5, 0.6) is 0 Å². The Kier molecular flexibility index (Phi) is 2.51. The molecule has 0 aromatic rings. The number of rotatable bonds is 0. The third-order valence-corrected chi connectivity index (χ3v) is 4.18. The Morgan fingerprint density at radius 1 is 0.929 bits per heavy atom. The lowest BCUT2D eigenvalue weighted by Gasteiger charge is -2.56. The Morgan fingerprint density at radius 3 is 1.79 bits per heavy atom. The zero-order chi connectivity index (χ0) is 11.4. The molecule has 1 aliphatic heterocycles. The summed E-state index contributed by atoms with van der Waals surface area (Å²) in [6.07, 6.45) is -0.372. The van der Waals surface area contributed by atoms with E-state index in [0.29, 0.717) is 0 Å². The van der Waals surface area contributed by atoms with Crippen LogP contribution in [0.1, 0.15) is 41.5 Å². The second-order valence-corrected chi connectivity index (χ2v) is 5.38. The van der Waals surface area contributed by atoms with Crippen molar-refractivity contribution >= 4 is 0 Å². The molecule has 3 heteroatoms. The summed E-state index contributed by atoms with van der Waals surface area (Å²) in [7, 11) is 0. The van der Waals surface area contributed by atoms with Crippen LogP contribution in [0.2, 0.25) is 0 Å². The van der Waals surface area contributed by atoms with Crippen LogP contribution < -0.4 is 0 Å². The first-order valence-electron chi connectivity index (χ1n) is 5.16. The van der Waals surface area contributed by atoms with E-state index in [-0.39, 0.29) is 12.0 Å². The number of aliphatic hydroxyl groups is 2. The minimum atomic E-state index is -1.21. The molecule has 84 valence electrons. The topological polar surface area (TPSA) is 49.7 Å². The highest BCUT2D eigenvalue weighted by molar-refractivity contribution is 5.08. The smallest absolute Gasteiger partial charge is 0.116 e. The van der Waals surface area contributed by atoms with Crippen LogP contribution in [0.15, 0.2) is 0 Å². The molecule has 2 N–H and O–H groups in total. The molecular weight excluding hydrogens is 180 g/mol. The van der Waals surface area contributed by atoms with Crippen LogP contribution in [-0.4, -0.2) is 33.1 Å². The molecule has 0 aliphatic carbocycles. The molecule has 1 fully saturated rings. The van der Waals surface area contributed by atoms with E-state index in [0.717, 1.165) is 0 Å². The highest BCUT2D eigenvalue weighted by atomic mass is 16.5. The standard InChI is InChI=1S/C11H22O3/c1-7-9(3,4)14-8(2)11(6,13)10(7,5)12/h7-8,12-13H,1-6H3. The average molecular weight is 202 g/mol. The van der Waals surface area contributed by atoms with Gasteiger partial charge in [-0.2, -0.15) is 0 Å². The molecule has 0 spiro atoms. The van der Waals surface area contributed by atoms with Gasteiger partial charge in [-0.3, -0.25) is 0 Å². The van der Waals surface area contributed by atoms with Gasteiger partial charge in [-0.15, -0.1) is 0 Å². The van der Waals surface area contributed by atoms with E-state index in [9.17, 15) is 10.2 Å². The quantitative estimate of drug-likeness (QED) is 0.623. The highest BCUT2D eigenvalue weighted by Crippen LogP contribution is 2.45. The lowest BCUT2D eigenvalue weighted by molar-refractivity contribution is -0.306. The van der Waals surface area contributed by atoms with Crippen LogP contribution in [0, 0.1) is 5.92 Å². The molecule has 1 heterocycles. The van der Waals surface area contributed by atoms with Gasteiger partial charge in [-0.1, -0.05) is 6.92 Å². The highest BCUT2D eigenvalue weighted by Gasteiger charge is 2.59. The molecule has 0 aromatic carbocycles. The van der Waals surface area contributed by atoms with Gasteiger partial charge >= 0.3 is 0 Å². The van der Waals surface area contributed by atoms with Crippen LogP contribution >= 0.6 is 0 Å². The SMILES string of the molecule is CC1OC(C)(C)C(C)C(C)(O)C1(C)O. The molecule has 14 heavy (non-hydrogen) atoms. The summed E-state index contributed by atoms with van der Waals surface area (Å²) >= 11 is 0. The first-order chi connectivity index (χ1) is 6.03. The summed E-state index contributed by atoms with van der Waals surface area (Å²) in [6, 6.07) is 0. The maximum absolute atomic E-state index is 10.3. The summed E-state index contributed by atoms with van der Waals surface area (Å²) in [6.45, 7) is 10.9. The minimum Gasteiger partial charge on any atom is -0.387 e. The Hall–Kier alpha value is -0.120. The fraction of sp³-hybridized carbons (Fsp3) is 1.00. The molecule has 4 atom stereocenters. The largest absolute Gasteiger partial charge is 0.387 e. The molecule has 0 amide bonds. The van der Waals surface area contributed by atoms with Crippen molar-refractivity contribution in [3.63, 3.8) is 0 Å². The molecule has 3 nitrogen and oxygen atoms in total. The summed E-state index contributed by atoms with van der Waals surface area (Å²) in [5.74, 6) is -0.124. The van der Waals surface area contributed by atoms with E-state index in [1.165, 1.54) is 0 Å². The Labute approximate surface area is 86.1 Å². The number of hydrogen-bond acceptors (Lipinski definition) is 3. The van der Waals surface area contributed by atoms with Gasteiger partial charge in [0, 0.05) is 5.92 Å². The zero-order valence-electron chi connectivity index (χ0n) is 9.96. The fourth-order valence-electron chi connectivity index (χ4n) is 2.20. The van der Waals surface area contributed by atoms with Crippen LogP contribution in [0.3, 0.4) is 0 Å². The molecule has 1 rings (SSSR count). The minimum absolute atomic E-state index is 0.124. The first kappa shape index (κ1) is 12.0. The summed E-state index contributed by atoms with van der Waals surface area (Å²) in [4.78, 5) is 0. The van der Waals surface area contributed by atoms with Gasteiger partial charge in [0.2, 0.25) is 0 Å². The molecular formula is C11H22O3. The second kappa shape index (κ2) is 2.94. The van der Waals surface area contributed by atoms with E-state index in [1.54, 1.807) is 20.8 Å². The van der Waals surface area contributed by atoms with Gasteiger partial charge in [0.15, 0.2) is 0 Å². The van der Waals surface area contributed by atoms with Crippen molar-refractivity contribution < 1.29 is 14.9 Å². The predicted molar refractivity (Wildman–Crippen MR) is 55.0 cm³/mol. The van der Waals surface area contributed by atoms with Crippen molar-refractivity contribution in [2.24, 2.45) is 5.92 Å². The van der Waals surface area contributed by atoms with E-state index < -0.39 is 16.8 Å². The third-order valence-electron chi connectivity index (χ3n) is 4.18. The van der Waals surface area contributed by atoms with E-state index in [2.05, 4.69) is 0 Å². The van der Waals surface area contributed by atoms with Gasteiger partial charge in [-0.05, 0) is 34.6 Å². The lowest BCUT2D eigenvalue weighted by Crippen LogP contribution is -2.70. The average Bonchev–Trinajstić information content (AvgIpc) is 1.99. The molecule has 0 bridgehead atoms. The molecule has 1 saturated heterocycles. The van der Waals surface area contributed by atoms with Crippen molar-refractivity contribution in [2.45, 2.75) is 64.4 Å². The van der Waals surface area contributed by atoms with E-state index >= 15 is 0 Å². The third kappa shape index (κ3) is 1.38. The maximum atomic E-state index is 10.3. The molecule has 4 unspecified atom stereocenters. The van der Waals surface area contributed by atoms with Crippen molar-refractivity contribution in [1.82, 2.24) is 0 Å². The summed E-state index contributed by atoms with van der Waals surface area (Å²) < 4.78 is 5.73. The van der Waals surface area contributed by atoms with Gasteiger partial charge < -0.3 is 14.9 Å². The summed E-state index contributed by atoms with van der Waals surface area (Å²) in [5.41, 5.74) is -2.75. The zero-order valence-corrected chi connectivity index (χ0v) is 9.96. The molecule has 0 radical (unpaired) electrons. The molecule has 1 aliphatic rings. The van der Waals surface area contributed by atoms with Crippen molar-refractivity contribution in [3.05, 3.63) is 0 Å². The van der Waals surface area contributed by atoms with Crippen LogP contribution in [0.25, 0.3) is 0 Å². The molecule has 0 saturated carbocycles. The van der Waals surface area contributed by atoms with Crippen LogP contribution in [-0.2, 0) is 4.74 Å². The van der Waals surface area contributed by atoms with Gasteiger partial charge in [0.05, 0.1) is 17.3 Å². The van der Waals surface area contributed by atoms with Crippen molar-refractivity contribution in [3.8, 4) is 0 Å². The number of hydrogen-bond donors (Lipinski definition) is 2. The Morgan fingerprint density at radius 2 is 1.36 bits per heavy atom. The van der Waals surface area contributed by atoms with E-state index in [4.69, 9.17) is 4.74 Å². The number of ether oxygens (including phenoxy) is 1. The first-order valence-corrected chi connectivity index (χ1v) is 5.16. The fourth-order valence-corrected chi connectivity index (χ4v) is 2.20. The molecule has 0 aromatic heterocycles. The summed E-state index contributed by atoms with van der Waals surface area (Å²) in [5, 5.41) is 20.5. The maximum Gasteiger partial charge on any atom is 0.116 e. The van der Waals surface area contributed by atoms with Crippen LogP contribution in [0.4, 0.5) is 0 Å². The van der Waals surface area contributed by atoms with E-state index in [1.807, 2.05) is 20.8 Å². The Bertz CT molecular complexity index is 231. The van der Waals surface area contributed by atoms with Crippen molar-refractivity contribution in [1.29, 1.82) is 0 Å². The van der Waals surface area contributed by atoms with Crippen molar-refractivity contribution in [2.75, 3.05) is 0 Å². The Balaban J connectivity index is 3.12.